The van der Waals surface area contributed by atoms with Crippen LogP contribution >= 0.6 is 0 Å². The molecule has 0 radical (unpaired) electrons. The highest BCUT2D eigenvalue weighted by Crippen LogP contribution is 2.16. The van der Waals surface area contributed by atoms with Gasteiger partial charge in [0, 0.05) is 46.4 Å². The zero-order chi connectivity index (χ0) is 20.7. The van der Waals surface area contributed by atoms with Crippen LogP contribution in [0.2, 0.25) is 19.1 Å². The molecule has 4 nitrogen and oxygen atoms in total. The molecule has 1 saturated heterocycles. The molecule has 0 amide bonds. The van der Waals surface area contributed by atoms with Crippen LogP contribution < -0.4 is 0 Å². The number of unbranched alkanes of at least 4 members (excludes halogenated alkanes) is 5. The first-order valence-electron chi connectivity index (χ1n) is 12.2. The molecule has 1 aliphatic heterocycles. The van der Waals surface area contributed by atoms with Gasteiger partial charge in [0.2, 0.25) is 0 Å². The Kier molecular flexibility index (Phi) is 14.8. The molecule has 0 spiro atoms. The van der Waals surface area contributed by atoms with Gasteiger partial charge in [-0.15, -0.1) is 0 Å². The monoisotopic (exact) mass is 413 g/mol. The Morgan fingerprint density at radius 2 is 1.21 bits per heavy atom. The molecule has 0 aromatic carbocycles. The Morgan fingerprint density at radius 3 is 1.75 bits per heavy atom. The number of hydrogen-bond acceptors (Lipinski definition) is 4. The molecule has 5 heteroatoms. The van der Waals surface area contributed by atoms with Crippen LogP contribution in [0, 0.1) is 0 Å². The molecule has 0 aromatic rings. The van der Waals surface area contributed by atoms with E-state index < -0.39 is 8.32 Å². The first kappa shape index (κ1) is 26.1. The van der Waals surface area contributed by atoms with Crippen LogP contribution in [0.4, 0.5) is 0 Å². The summed E-state index contributed by atoms with van der Waals surface area (Å²) in [6.45, 7) is 20.7. The van der Waals surface area contributed by atoms with Crippen molar-refractivity contribution in [1.29, 1.82) is 0 Å². The molecular weight excluding hydrogens is 362 g/mol. The summed E-state index contributed by atoms with van der Waals surface area (Å²) in [7, 11) is 0.573. The summed E-state index contributed by atoms with van der Waals surface area (Å²) in [5, 5.41) is 0. The van der Waals surface area contributed by atoms with E-state index in [1.54, 1.807) is 0 Å². The van der Waals surface area contributed by atoms with Gasteiger partial charge in [0.05, 0.1) is 0 Å². The van der Waals surface area contributed by atoms with Crippen molar-refractivity contribution in [2.75, 3.05) is 66.0 Å². The van der Waals surface area contributed by atoms with Gasteiger partial charge in [-0.2, -0.15) is 0 Å². The van der Waals surface area contributed by atoms with E-state index in [-0.39, 0.29) is 0 Å². The number of piperazine rings is 1. The van der Waals surface area contributed by atoms with Crippen molar-refractivity contribution in [2.45, 2.75) is 84.4 Å². The van der Waals surface area contributed by atoms with E-state index in [0.717, 1.165) is 0 Å². The number of rotatable bonds is 17. The van der Waals surface area contributed by atoms with Gasteiger partial charge in [-0.05, 0) is 58.0 Å². The lowest BCUT2D eigenvalue weighted by Crippen LogP contribution is -2.48. The Balaban J connectivity index is 1.98. The SMILES string of the molecule is CCCN(CCC)CCN1CCN(CCCCCCCC[Si](C)(C)OC)CC1. The van der Waals surface area contributed by atoms with Crippen molar-refractivity contribution in [3.8, 4) is 0 Å². The van der Waals surface area contributed by atoms with E-state index in [0.29, 0.717) is 0 Å². The van der Waals surface area contributed by atoms with Gasteiger partial charge in [0.15, 0.2) is 8.32 Å². The van der Waals surface area contributed by atoms with Gasteiger partial charge in [-0.25, -0.2) is 0 Å². The summed E-state index contributed by atoms with van der Waals surface area (Å²) >= 11 is 0. The van der Waals surface area contributed by atoms with E-state index in [2.05, 4.69) is 41.6 Å². The number of nitrogens with zero attached hydrogens (tertiary/aromatic N) is 3. The fraction of sp³-hybridized carbons (Fsp3) is 1.00. The van der Waals surface area contributed by atoms with Crippen molar-refractivity contribution in [3.63, 3.8) is 0 Å². The van der Waals surface area contributed by atoms with Gasteiger partial charge < -0.3 is 14.2 Å². The molecule has 168 valence electrons. The molecule has 1 rings (SSSR count). The second kappa shape index (κ2) is 15.8. The molecule has 0 N–H and O–H groups in total. The van der Waals surface area contributed by atoms with E-state index in [9.17, 15) is 0 Å². The van der Waals surface area contributed by atoms with Crippen molar-refractivity contribution in [3.05, 3.63) is 0 Å². The molecule has 0 saturated carbocycles. The standard InChI is InChI=1S/C23H51N3OSi/c1-6-14-24(15-7-2)17-20-26-21-18-25(19-22-26)16-12-10-8-9-11-13-23-28(4,5)27-3/h6-23H2,1-5H3. The summed E-state index contributed by atoms with van der Waals surface area (Å²) < 4.78 is 5.63. The summed E-state index contributed by atoms with van der Waals surface area (Å²) in [5.41, 5.74) is 0. The van der Waals surface area contributed by atoms with E-state index in [4.69, 9.17) is 4.43 Å². The van der Waals surface area contributed by atoms with Gasteiger partial charge in [0.1, 0.15) is 0 Å². The van der Waals surface area contributed by atoms with Crippen molar-refractivity contribution in [1.82, 2.24) is 14.7 Å². The van der Waals surface area contributed by atoms with Crippen LogP contribution in [-0.2, 0) is 4.43 Å². The average molecular weight is 414 g/mol. The summed E-state index contributed by atoms with van der Waals surface area (Å²) in [6.07, 6.45) is 10.9. The van der Waals surface area contributed by atoms with Crippen LogP contribution in [0.15, 0.2) is 0 Å². The summed E-state index contributed by atoms with van der Waals surface area (Å²) in [5.74, 6) is 0. The summed E-state index contributed by atoms with van der Waals surface area (Å²) in [6, 6.07) is 1.32. The molecule has 1 heterocycles. The van der Waals surface area contributed by atoms with E-state index in [1.807, 2.05) is 7.11 Å². The molecule has 1 fully saturated rings. The zero-order valence-electron chi connectivity index (χ0n) is 20.0. The minimum Gasteiger partial charge on any atom is -0.420 e. The van der Waals surface area contributed by atoms with Crippen LogP contribution in [0.5, 0.6) is 0 Å². The van der Waals surface area contributed by atoms with E-state index in [1.165, 1.54) is 116 Å². The van der Waals surface area contributed by atoms with Gasteiger partial charge >= 0.3 is 0 Å². The molecule has 0 aromatic heterocycles. The molecule has 0 atom stereocenters. The minimum absolute atomic E-state index is 1.26. The van der Waals surface area contributed by atoms with Crippen LogP contribution in [0.1, 0.15) is 65.2 Å². The molecule has 28 heavy (non-hydrogen) atoms. The van der Waals surface area contributed by atoms with Gasteiger partial charge in [-0.3, -0.25) is 4.90 Å². The predicted octanol–water partition coefficient (Wildman–Crippen LogP) is 4.92. The third-order valence-corrected chi connectivity index (χ3v) is 9.00. The van der Waals surface area contributed by atoms with Crippen molar-refractivity contribution < 1.29 is 4.43 Å². The molecule has 1 aliphatic rings. The topological polar surface area (TPSA) is 19.0 Å². The zero-order valence-corrected chi connectivity index (χ0v) is 21.0. The fourth-order valence-corrected chi connectivity index (χ4v) is 5.49. The van der Waals surface area contributed by atoms with Gasteiger partial charge in [0.25, 0.3) is 0 Å². The Bertz CT molecular complexity index is 354. The molecule has 0 aliphatic carbocycles. The lowest BCUT2D eigenvalue weighted by molar-refractivity contribution is 0.117. The Hall–Kier alpha value is 0.0569. The fourth-order valence-electron chi connectivity index (χ4n) is 4.18. The summed E-state index contributed by atoms with van der Waals surface area (Å²) in [4.78, 5) is 8.02. The van der Waals surface area contributed by atoms with Crippen LogP contribution in [0.3, 0.4) is 0 Å². The molecule has 0 unspecified atom stereocenters. The maximum absolute atomic E-state index is 5.63. The maximum atomic E-state index is 5.63. The molecular formula is C23H51N3OSi. The maximum Gasteiger partial charge on any atom is 0.186 e. The largest absolute Gasteiger partial charge is 0.420 e. The highest BCUT2D eigenvalue weighted by molar-refractivity contribution is 6.71. The third-order valence-electron chi connectivity index (χ3n) is 6.33. The predicted molar refractivity (Wildman–Crippen MR) is 127 cm³/mol. The minimum atomic E-state index is -1.32. The van der Waals surface area contributed by atoms with Crippen molar-refractivity contribution >= 4 is 8.32 Å². The first-order valence-corrected chi connectivity index (χ1v) is 15.3. The second-order valence-electron chi connectivity index (χ2n) is 9.36. The Morgan fingerprint density at radius 1 is 0.714 bits per heavy atom. The van der Waals surface area contributed by atoms with Crippen LogP contribution in [0.25, 0.3) is 0 Å². The lowest BCUT2D eigenvalue weighted by Gasteiger charge is -2.35. The normalized spacial score (nSPS) is 16.9. The smallest absolute Gasteiger partial charge is 0.186 e. The van der Waals surface area contributed by atoms with Crippen molar-refractivity contribution in [2.24, 2.45) is 0 Å². The lowest BCUT2D eigenvalue weighted by atomic mass is 10.1. The Labute approximate surface area is 178 Å². The highest BCUT2D eigenvalue weighted by atomic mass is 28.4. The van der Waals surface area contributed by atoms with E-state index >= 15 is 0 Å². The first-order chi connectivity index (χ1) is 13.5. The van der Waals surface area contributed by atoms with Crippen LogP contribution in [-0.4, -0.2) is 89.0 Å². The highest BCUT2D eigenvalue weighted by Gasteiger charge is 2.19. The average Bonchev–Trinajstić information content (AvgIpc) is 2.69. The second-order valence-corrected chi connectivity index (χ2v) is 13.8. The number of hydrogen-bond donors (Lipinski definition) is 0. The quantitative estimate of drug-likeness (QED) is 0.249. The van der Waals surface area contributed by atoms with Gasteiger partial charge in [-0.1, -0.05) is 46.0 Å². The molecule has 0 bridgehead atoms. The third kappa shape index (κ3) is 12.6.